The highest BCUT2D eigenvalue weighted by molar-refractivity contribution is 6.35. The summed E-state index contributed by atoms with van der Waals surface area (Å²) in [6, 6.07) is 0. The Morgan fingerprint density at radius 3 is 2.36 bits per heavy atom. The highest BCUT2D eigenvalue weighted by Gasteiger charge is 2.42. The second kappa shape index (κ2) is 10.1. The molecule has 2 N–H and O–H groups in total. The maximum atomic E-state index is 11.9. The fourth-order valence-electron chi connectivity index (χ4n) is 3.15. The van der Waals surface area contributed by atoms with Crippen LogP contribution in [0.3, 0.4) is 0 Å². The second-order valence-electron chi connectivity index (χ2n) is 6.28. The molecule has 8 heteroatoms. The first-order chi connectivity index (χ1) is 12.1. The summed E-state index contributed by atoms with van der Waals surface area (Å²) in [5.74, 6) is -1.88. The Hall–Kier alpha value is -1.22. The summed E-state index contributed by atoms with van der Waals surface area (Å²) < 4.78 is 22.4. The van der Waals surface area contributed by atoms with Crippen LogP contribution in [0.25, 0.3) is 0 Å². The van der Waals surface area contributed by atoms with Gasteiger partial charge < -0.3 is 29.6 Å². The topological polar surface area (TPSA) is 95.1 Å². The van der Waals surface area contributed by atoms with Crippen molar-refractivity contribution in [3.05, 3.63) is 0 Å². The Balaban J connectivity index is 1.66. The van der Waals surface area contributed by atoms with E-state index in [0.717, 1.165) is 25.7 Å². The third-order valence-electron chi connectivity index (χ3n) is 4.36. The molecule has 1 spiro atoms. The average molecular weight is 358 g/mol. The van der Waals surface area contributed by atoms with E-state index >= 15 is 0 Å². The number of amides is 2. The molecular weight excluding hydrogens is 328 g/mol. The van der Waals surface area contributed by atoms with Gasteiger partial charge in [-0.05, 0) is 26.7 Å². The first-order valence-corrected chi connectivity index (χ1v) is 9.19. The van der Waals surface area contributed by atoms with Crippen LogP contribution in [0, 0.1) is 0 Å². The second-order valence-corrected chi connectivity index (χ2v) is 6.28. The Bertz CT molecular complexity index is 433. The number of nitrogens with one attached hydrogen (secondary N) is 2. The van der Waals surface area contributed by atoms with Crippen molar-refractivity contribution < 1.29 is 28.5 Å². The van der Waals surface area contributed by atoms with E-state index in [9.17, 15) is 9.59 Å². The molecule has 0 aromatic carbocycles. The fourth-order valence-corrected chi connectivity index (χ4v) is 3.15. The molecule has 2 aliphatic rings. The van der Waals surface area contributed by atoms with Crippen LogP contribution >= 0.6 is 0 Å². The van der Waals surface area contributed by atoms with Gasteiger partial charge in [0.25, 0.3) is 0 Å². The highest BCUT2D eigenvalue weighted by Crippen LogP contribution is 2.37. The first kappa shape index (κ1) is 20.1. The van der Waals surface area contributed by atoms with Gasteiger partial charge in [-0.2, -0.15) is 0 Å². The van der Waals surface area contributed by atoms with E-state index in [2.05, 4.69) is 10.6 Å². The molecule has 1 saturated heterocycles. The minimum absolute atomic E-state index is 0.125. The van der Waals surface area contributed by atoms with Crippen molar-refractivity contribution >= 4 is 11.8 Å². The lowest BCUT2D eigenvalue weighted by atomic mass is 9.94. The number of ether oxygens (including phenoxy) is 4. The quantitative estimate of drug-likeness (QED) is 0.490. The Morgan fingerprint density at radius 2 is 1.72 bits per heavy atom. The van der Waals surface area contributed by atoms with Crippen molar-refractivity contribution in [3.8, 4) is 0 Å². The molecule has 0 radical (unpaired) electrons. The van der Waals surface area contributed by atoms with E-state index in [1.807, 2.05) is 13.8 Å². The van der Waals surface area contributed by atoms with Gasteiger partial charge in [-0.1, -0.05) is 6.42 Å². The molecule has 1 saturated carbocycles. The molecule has 0 aromatic rings. The number of carbonyl (C=O) groups excluding carboxylic acids is 2. The van der Waals surface area contributed by atoms with Crippen LogP contribution in [0.15, 0.2) is 0 Å². The standard InChI is InChI=1S/C17H30N2O6/c1-3-22-14(23-4-2)11-19-16(21)15(20)18-10-13-12-24-17(25-13)8-6-5-7-9-17/h13-14H,3-12H2,1-2H3,(H,18,20)(H,19,21)/t13-/m0/s1. The van der Waals surface area contributed by atoms with Crippen molar-refractivity contribution in [3.63, 3.8) is 0 Å². The summed E-state index contributed by atoms with van der Waals surface area (Å²) in [5, 5.41) is 5.11. The number of carbonyl (C=O) groups is 2. The molecule has 1 atom stereocenters. The zero-order valence-corrected chi connectivity index (χ0v) is 15.2. The van der Waals surface area contributed by atoms with Gasteiger partial charge in [0, 0.05) is 32.6 Å². The smallest absolute Gasteiger partial charge is 0.309 e. The first-order valence-electron chi connectivity index (χ1n) is 9.19. The van der Waals surface area contributed by atoms with Crippen molar-refractivity contribution in [1.29, 1.82) is 0 Å². The maximum Gasteiger partial charge on any atom is 0.309 e. The molecule has 1 aliphatic heterocycles. The third kappa shape index (κ3) is 6.22. The largest absolute Gasteiger partial charge is 0.351 e. The SMILES string of the molecule is CCOC(CNC(=O)C(=O)NC[C@H]1COC2(CCCCC2)O1)OCC. The van der Waals surface area contributed by atoms with Crippen LogP contribution in [0.1, 0.15) is 46.0 Å². The summed E-state index contributed by atoms with van der Waals surface area (Å²) in [6.07, 6.45) is 4.44. The zero-order chi connectivity index (χ0) is 18.1. The summed E-state index contributed by atoms with van der Waals surface area (Å²) >= 11 is 0. The lowest BCUT2D eigenvalue weighted by Crippen LogP contribution is -2.46. The van der Waals surface area contributed by atoms with Crippen LogP contribution in [0.4, 0.5) is 0 Å². The maximum absolute atomic E-state index is 11.9. The molecule has 8 nitrogen and oxygen atoms in total. The van der Waals surface area contributed by atoms with Gasteiger partial charge in [0.1, 0.15) is 6.10 Å². The van der Waals surface area contributed by atoms with E-state index in [4.69, 9.17) is 18.9 Å². The molecule has 2 rings (SSSR count). The van der Waals surface area contributed by atoms with Gasteiger partial charge in [-0.25, -0.2) is 0 Å². The van der Waals surface area contributed by atoms with Gasteiger partial charge in [0.15, 0.2) is 12.1 Å². The van der Waals surface area contributed by atoms with Gasteiger partial charge in [-0.3, -0.25) is 9.59 Å². The van der Waals surface area contributed by atoms with Crippen LogP contribution in [-0.4, -0.2) is 62.9 Å². The molecular formula is C17H30N2O6. The van der Waals surface area contributed by atoms with Crippen LogP contribution in [0.5, 0.6) is 0 Å². The molecule has 1 heterocycles. The third-order valence-corrected chi connectivity index (χ3v) is 4.36. The lowest BCUT2D eigenvalue weighted by molar-refractivity contribution is -0.186. The molecule has 144 valence electrons. The normalized spacial score (nSPS) is 22.3. The Labute approximate surface area is 148 Å². The molecule has 0 unspecified atom stereocenters. The summed E-state index contributed by atoms with van der Waals surface area (Å²) in [7, 11) is 0. The minimum Gasteiger partial charge on any atom is -0.351 e. The van der Waals surface area contributed by atoms with Crippen LogP contribution < -0.4 is 10.6 Å². The van der Waals surface area contributed by atoms with Gasteiger partial charge >= 0.3 is 11.8 Å². The van der Waals surface area contributed by atoms with Gasteiger partial charge in [-0.15, -0.1) is 0 Å². The Kier molecular flexibility index (Phi) is 8.08. The summed E-state index contributed by atoms with van der Waals surface area (Å²) in [5.41, 5.74) is 0. The van der Waals surface area contributed by atoms with Crippen LogP contribution in [0.2, 0.25) is 0 Å². The van der Waals surface area contributed by atoms with Crippen molar-refractivity contribution in [2.24, 2.45) is 0 Å². The molecule has 2 fully saturated rings. The predicted octanol–water partition coefficient (Wildman–Crippen LogP) is 0.694. The van der Waals surface area contributed by atoms with E-state index in [1.165, 1.54) is 6.42 Å². The van der Waals surface area contributed by atoms with E-state index < -0.39 is 23.9 Å². The van der Waals surface area contributed by atoms with Crippen molar-refractivity contribution in [2.75, 3.05) is 32.9 Å². The van der Waals surface area contributed by atoms with E-state index in [1.54, 1.807) is 0 Å². The number of hydrogen-bond donors (Lipinski definition) is 2. The average Bonchev–Trinajstić information content (AvgIpc) is 3.00. The van der Waals surface area contributed by atoms with Gasteiger partial charge in [0.2, 0.25) is 0 Å². The lowest BCUT2D eigenvalue weighted by Gasteiger charge is -2.31. The van der Waals surface area contributed by atoms with Gasteiger partial charge in [0.05, 0.1) is 13.2 Å². The molecule has 25 heavy (non-hydrogen) atoms. The zero-order valence-electron chi connectivity index (χ0n) is 15.2. The van der Waals surface area contributed by atoms with E-state index in [-0.39, 0.29) is 19.2 Å². The number of rotatable bonds is 8. The molecule has 0 bridgehead atoms. The Morgan fingerprint density at radius 1 is 1.08 bits per heavy atom. The van der Waals surface area contributed by atoms with Crippen LogP contribution in [-0.2, 0) is 28.5 Å². The molecule has 1 aliphatic carbocycles. The summed E-state index contributed by atoms with van der Waals surface area (Å²) in [4.78, 5) is 23.7. The monoisotopic (exact) mass is 358 g/mol. The van der Waals surface area contributed by atoms with Crippen molar-refractivity contribution in [1.82, 2.24) is 10.6 Å². The summed E-state index contributed by atoms with van der Waals surface area (Å²) in [6.45, 7) is 5.43. The van der Waals surface area contributed by atoms with Crippen molar-refractivity contribution in [2.45, 2.75) is 64.1 Å². The minimum atomic E-state index is -0.712. The fraction of sp³-hybridized carbons (Fsp3) is 0.882. The number of hydrogen-bond acceptors (Lipinski definition) is 6. The van der Waals surface area contributed by atoms with E-state index in [0.29, 0.717) is 19.8 Å². The molecule has 2 amide bonds. The molecule has 0 aromatic heterocycles. The predicted molar refractivity (Wildman–Crippen MR) is 89.7 cm³/mol. The highest BCUT2D eigenvalue weighted by atomic mass is 16.7.